The SMILES string of the molecule is COC(=O)C[C@@H]1O[C@H](c2cccc(Cl)c2)[C@@H](c2ccc(Cl)cc2)N(CC2CC2)C1=O. The molecule has 1 heterocycles. The lowest BCUT2D eigenvalue weighted by Gasteiger charge is -2.45. The molecule has 1 amide bonds. The second-order valence-electron chi connectivity index (χ2n) is 7.81. The Morgan fingerprint density at radius 3 is 2.47 bits per heavy atom. The minimum Gasteiger partial charge on any atom is -0.469 e. The van der Waals surface area contributed by atoms with E-state index in [1.54, 1.807) is 6.07 Å². The van der Waals surface area contributed by atoms with Crippen molar-refractivity contribution in [3.8, 4) is 0 Å². The average Bonchev–Trinajstić information content (AvgIpc) is 3.55. The van der Waals surface area contributed by atoms with Gasteiger partial charge in [0.15, 0.2) is 0 Å². The molecule has 30 heavy (non-hydrogen) atoms. The van der Waals surface area contributed by atoms with Crippen LogP contribution in [-0.2, 0) is 19.1 Å². The largest absolute Gasteiger partial charge is 0.469 e. The van der Waals surface area contributed by atoms with E-state index >= 15 is 0 Å². The summed E-state index contributed by atoms with van der Waals surface area (Å²) in [5.41, 5.74) is 1.78. The number of benzene rings is 2. The molecule has 0 unspecified atom stereocenters. The Bertz CT molecular complexity index is 929. The number of hydrogen-bond donors (Lipinski definition) is 0. The lowest BCUT2D eigenvalue weighted by Crippen LogP contribution is -2.52. The molecule has 0 N–H and O–H groups in total. The Balaban J connectivity index is 1.77. The van der Waals surface area contributed by atoms with Gasteiger partial charge in [0.1, 0.15) is 12.2 Å². The van der Waals surface area contributed by atoms with Gasteiger partial charge in [0, 0.05) is 16.6 Å². The lowest BCUT2D eigenvalue weighted by molar-refractivity contribution is -0.179. The van der Waals surface area contributed by atoms with Gasteiger partial charge in [-0.05, 0) is 54.2 Å². The maximum atomic E-state index is 13.4. The molecule has 0 bridgehead atoms. The lowest BCUT2D eigenvalue weighted by atomic mass is 9.91. The van der Waals surface area contributed by atoms with Gasteiger partial charge >= 0.3 is 5.97 Å². The van der Waals surface area contributed by atoms with Crippen molar-refractivity contribution < 1.29 is 19.1 Å². The number of methoxy groups -OCH3 is 1. The third-order valence-electron chi connectivity index (χ3n) is 5.61. The highest BCUT2D eigenvalue weighted by Crippen LogP contribution is 2.45. The molecule has 2 aromatic carbocycles. The van der Waals surface area contributed by atoms with Gasteiger partial charge in [-0.15, -0.1) is 0 Å². The molecular formula is C23H23Cl2NO4. The van der Waals surface area contributed by atoms with Crippen LogP contribution in [0.5, 0.6) is 0 Å². The molecule has 2 aliphatic rings. The molecule has 158 valence electrons. The topological polar surface area (TPSA) is 55.8 Å². The van der Waals surface area contributed by atoms with Crippen LogP contribution in [0.3, 0.4) is 0 Å². The molecule has 5 nitrogen and oxygen atoms in total. The summed E-state index contributed by atoms with van der Waals surface area (Å²) in [6.45, 7) is 0.629. The highest BCUT2D eigenvalue weighted by molar-refractivity contribution is 6.30. The monoisotopic (exact) mass is 447 g/mol. The Kier molecular flexibility index (Phi) is 6.32. The molecule has 0 aromatic heterocycles. The number of halogens is 2. The van der Waals surface area contributed by atoms with E-state index in [1.807, 2.05) is 47.4 Å². The molecule has 1 aliphatic heterocycles. The zero-order valence-electron chi connectivity index (χ0n) is 16.6. The summed E-state index contributed by atoms with van der Waals surface area (Å²) in [7, 11) is 1.31. The fraction of sp³-hybridized carbons (Fsp3) is 0.391. The zero-order valence-corrected chi connectivity index (χ0v) is 18.1. The number of ether oxygens (including phenoxy) is 2. The third-order valence-corrected chi connectivity index (χ3v) is 6.10. The van der Waals surface area contributed by atoms with Crippen LogP contribution < -0.4 is 0 Å². The number of rotatable bonds is 6. The predicted octanol–water partition coefficient (Wildman–Crippen LogP) is 4.98. The highest BCUT2D eigenvalue weighted by Gasteiger charge is 2.46. The number of carbonyl (C=O) groups is 2. The van der Waals surface area contributed by atoms with Crippen molar-refractivity contribution in [1.82, 2.24) is 4.90 Å². The zero-order chi connectivity index (χ0) is 21.3. The molecule has 2 fully saturated rings. The van der Waals surface area contributed by atoms with Crippen molar-refractivity contribution >= 4 is 35.1 Å². The van der Waals surface area contributed by atoms with Gasteiger partial charge in [0.25, 0.3) is 5.91 Å². The van der Waals surface area contributed by atoms with Gasteiger partial charge < -0.3 is 14.4 Å². The normalized spacial score (nSPS) is 24.0. The fourth-order valence-electron chi connectivity index (χ4n) is 3.91. The van der Waals surface area contributed by atoms with Crippen molar-refractivity contribution in [3.05, 3.63) is 69.7 Å². The van der Waals surface area contributed by atoms with Crippen LogP contribution in [0.4, 0.5) is 0 Å². The molecule has 0 radical (unpaired) electrons. The summed E-state index contributed by atoms with van der Waals surface area (Å²) in [4.78, 5) is 27.2. The van der Waals surface area contributed by atoms with Gasteiger partial charge in [-0.2, -0.15) is 0 Å². The Labute approximate surface area is 185 Å². The molecular weight excluding hydrogens is 425 g/mol. The van der Waals surface area contributed by atoms with Crippen molar-refractivity contribution in [3.63, 3.8) is 0 Å². The van der Waals surface area contributed by atoms with E-state index in [0.29, 0.717) is 22.5 Å². The first-order valence-electron chi connectivity index (χ1n) is 10.00. The smallest absolute Gasteiger partial charge is 0.308 e. The van der Waals surface area contributed by atoms with Gasteiger partial charge in [-0.25, -0.2) is 0 Å². The molecule has 0 spiro atoms. The number of hydrogen-bond acceptors (Lipinski definition) is 4. The molecule has 3 atom stereocenters. The number of nitrogens with zero attached hydrogens (tertiary/aromatic N) is 1. The second-order valence-corrected chi connectivity index (χ2v) is 8.68. The van der Waals surface area contributed by atoms with Crippen LogP contribution in [0.25, 0.3) is 0 Å². The Morgan fingerprint density at radius 1 is 1.10 bits per heavy atom. The summed E-state index contributed by atoms with van der Waals surface area (Å²) in [6, 6.07) is 14.5. The first kappa shape index (κ1) is 21.2. The van der Waals surface area contributed by atoms with E-state index in [0.717, 1.165) is 24.0 Å². The van der Waals surface area contributed by atoms with E-state index in [2.05, 4.69) is 0 Å². The van der Waals surface area contributed by atoms with Crippen molar-refractivity contribution in [2.24, 2.45) is 5.92 Å². The standard InChI is InChI=1S/C23H23Cl2NO4/c1-29-20(27)12-19-23(28)26(13-14-5-6-14)21(15-7-9-17(24)10-8-15)22(30-19)16-3-2-4-18(25)11-16/h2-4,7-11,14,19,21-22H,5-6,12-13H2,1H3/t19-,21+,22+/m0/s1. The fourth-order valence-corrected chi connectivity index (χ4v) is 4.23. The maximum Gasteiger partial charge on any atom is 0.308 e. The molecule has 1 aliphatic carbocycles. The molecule has 1 saturated heterocycles. The van der Waals surface area contributed by atoms with E-state index in [-0.39, 0.29) is 18.4 Å². The Morgan fingerprint density at radius 2 is 1.83 bits per heavy atom. The molecule has 1 saturated carbocycles. The van der Waals surface area contributed by atoms with Crippen LogP contribution in [-0.4, -0.2) is 36.5 Å². The quantitative estimate of drug-likeness (QED) is 0.586. The van der Waals surface area contributed by atoms with Crippen molar-refractivity contribution in [2.75, 3.05) is 13.7 Å². The van der Waals surface area contributed by atoms with E-state index in [9.17, 15) is 9.59 Å². The third kappa shape index (κ3) is 4.64. The summed E-state index contributed by atoms with van der Waals surface area (Å²) in [5, 5.41) is 1.21. The van der Waals surface area contributed by atoms with Crippen molar-refractivity contribution in [1.29, 1.82) is 0 Å². The minimum absolute atomic E-state index is 0.124. The molecule has 2 aromatic rings. The van der Waals surface area contributed by atoms with Crippen molar-refractivity contribution in [2.45, 2.75) is 37.5 Å². The number of carbonyl (C=O) groups excluding carboxylic acids is 2. The van der Waals surface area contributed by atoms with Gasteiger partial charge in [0.2, 0.25) is 0 Å². The van der Waals surface area contributed by atoms with Gasteiger partial charge in [-0.1, -0.05) is 47.5 Å². The first-order chi connectivity index (χ1) is 14.5. The van der Waals surface area contributed by atoms with E-state index in [4.69, 9.17) is 32.7 Å². The summed E-state index contributed by atoms with van der Waals surface area (Å²) < 4.78 is 11.0. The van der Waals surface area contributed by atoms with Crippen LogP contribution in [0.15, 0.2) is 48.5 Å². The van der Waals surface area contributed by atoms with Crippen LogP contribution in [0.2, 0.25) is 10.0 Å². The van der Waals surface area contributed by atoms with Crippen LogP contribution in [0.1, 0.15) is 42.5 Å². The number of morpholine rings is 1. The van der Waals surface area contributed by atoms with E-state index < -0.39 is 18.2 Å². The molecule has 7 heteroatoms. The van der Waals surface area contributed by atoms with Crippen LogP contribution >= 0.6 is 23.2 Å². The maximum absolute atomic E-state index is 13.4. The average molecular weight is 448 g/mol. The highest BCUT2D eigenvalue weighted by atomic mass is 35.5. The number of amides is 1. The predicted molar refractivity (Wildman–Crippen MR) is 114 cm³/mol. The number of esters is 1. The Hall–Kier alpha value is -2.08. The van der Waals surface area contributed by atoms with Crippen LogP contribution in [0, 0.1) is 5.92 Å². The summed E-state index contributed by atoms with van der Waals surface area (Å²) >= 11 is 12.4. The molecule has 4 rings (SSSR count). The second kappa shape index (κ2) is 8.96. The first-order valence-corrected chi connectivity index (χ1v) is 10.8. The summed E-state index contributed by atoms with van der Waals surface area (Å²) in [6.07, 6.45) is 0.698. The van der Waals surface area contributed by atoms with Gasteiger partial charge in [0.05, 0.1) is 19.6 Å². The van der Waals surface area contributed by atoms with E-state index in [1.165, 1.54) is 7.11 Å². The minimum atomic E-state index is -0.899. The van der Waals surface area contributed by atoms with Gasteiger partial charge in [-0.3, -0.25) is 9.59 Å². The summed E-state index contributed by atoms with van der Waals surface area (Å²) in [5.74, 6) is -0.194.